The number of pyridine rings is 1. The van der Waals surface area contributed by atoms with Crippen LogP contribution in [-0.4, -0.2) is 29.3 Å². The summed E-state index contributed by atoms with van der Waals surface area (Å²) in [6, 6.07) is 18.3. The Balaban J connectivity index is 1.33. The molecule has 0 radical (unpaired) electrons. The third-order valence-corrected chi connectivity index (χ3v) is 5.37. The molecule has 0 spiro atoms. The quantitative estimate of drug-likeness (QED) is 0.554. The molecular weight excluding hydrogens is 368 g/mol. The first-order chi connectivity index (χ1) is 13.7. The Morgan fingerprint density at radius 1 is 1.14 bits per heavy atom. The van der Waals surface area contributed by atoms with Crippen LogP contribution in [-0.2, 0) is 6.42 Å². The lowest BCUT2D eigenvalue weighted by molar-refractivity contribution is 0.146. The summed E-state index contributed by atoms with van der Waals surface area (Å²) in [4.78, 5) is 5.01. The van der Waals surface area contributed by atoms with Gasteiger partial charge in [0.2, 0.25) is 0 Å². The Morgan fingerprint density at radius 3 is 2.75 bits per heavy atom. The normalized spacial score (nSPS) is 16.9. The minimum Gasteiger partial charge on any atom is -0.489 e. The zero-order valence-corrected chi connectivity index (χ0v) is 16.5. The van der Waals surface area contributed by atoms with Crippen molar-refractivity contribution in [2.45, 2.75) is 29.9 Å². The van der Waals surface area contributed by atoms with Crippen molar-refractivity contribution in [3.05, 3.63) is 78.1 Å². The molecule has 0 fully saturated rings. The molecule has 2 atom stereocenters. The Bertz CT molecular complexity index is 916. The number of ether oxygens (including phenoxy) is 1. The van der Waals surface area contributed by atoms with Crippen molar-refractivity contribution in [2.75, 3.05) is 13.1 Å². The molecule has 1 aliphatic heterocycles. The maximum Gasteiger partial charge on any atom is 0.123 e. The van der Waals surface area contributed by atoms with E-state index in [2.05, 4.69) is 53.3 Å². The summed E-state index contributed by atoms with van der Waals surface area (Å²) in [5.41, 5.74) is 4.46. The molecule has 28 heavy (non-hydrogen) atoms. The van der Waals surface area contributed by atoms with Gasteiger partial charge in [0.25, 0.3) is 0 Å². The standard InChI is InChI=1S/C23H24N2O2S/c26-22(19-2-1-11-24-13-19)15-25-14-20-7-3-18-12-17(6-10-23(18)27-20)16-4-8-21(28)9-5-16/h1-2,4-6,8-13,20,22,25-26,28H,3,7,14-15H2/t20-,22+/m1/s1. The first-order valence-corrected chi connectivity index (χ1v) is 10.0. The molecule has 4 nitrogen and oxygen atoms in total. The summed E-state index contributed by atoms with van der Waals surface area (Å²) in [6.07, 6.45) is 4.91. The molecule has 1 aromatic heterocycles. The number of hydrogen-bond acceptors (Lipinski definition) is 5. The topological polar surface area (TPSA) is 54.4 Å². The van der Waals surface area contributed by atoms with Gasteiger partial charge in [-0.1, -0.05) is 24.3 Å². The van der Waals surface area contributed by atoms with Crippen LogP contribution in [0.25, 0.3) is 11.1 Å². The van der Waals surface area contributed by atoms with Crippen LogP contribution in [0, 0.1) is 0 Å². The van der Waals surface area contributed by atoms with Crippen LogP contribution in [0.4, 0.5) is 0 Å². The molecule has 1 aliphatic rings. The smallest absolute Gasteiger partial charge is 0.123 e. The van der Waals surface area contributed by atoms with E-state index in [9.17, 15) is 5.11 Å². The van der Waals surface area contributed by atoms with E-state index >= 15 is 0 Å². The summed E-state index contributed by atoms with van der Waals surface area (Å²) in [5, 5.41) is 13.5. The third kappa shape index (κ3) is 4.55. The maximum absolute atomic E-state index is 10.2. The van der Waals surface area contributed by atoms with Crippen molar-refractivity contribution < 1.29 is 9.84 Å². The van der Waals surface area contributed by atoms with Gasteiger partial charge in [-0.2, -0.15) is 0 Å². The minimum absolute atomic E-state index is 0.114. The molecule has 2 heterocycles. The second-order valence-electron chi connectivity index (χ2n) is 7.11. The number of fused-ring (bicyclic) bond motifs is 1. The second kappa shape index (κ2) is 8.78. The Labute approximate surface area is 171 Å². The Kier molecular flexibility index (Phi) is 5.95. The summed E-state index contributed by atoms with van der Waals surface area (Å²) < 4.78 is 6.16. The van der Waals surface area contributed by atoms with E-state index < -0.39 is 6.10 Å². The van der Waals surface area contributed by atoms with Crippen LogP contribution in [0.3, 0.4) is 0 Å². The van der Waals surface area contributed by atoms with Gasteiger partial charge in [0, 0.05) is 35.9 Å². The largest absolute Gasteiger partial charge is 0.489 e. The molecule has 0 saturated carbocycles. The molecule has 3 aromatic rings. The van der Waals surface area contributed by atoms with Crippen LogP contribution in [0.2, 0.25) is 0 Å². The molecule has 2 aromatic carbocycles. The highest BCUT2D eigenvalue weighted by atomic mass is 32.1. The van der Waals surface area contributed by atoms with Crippen LogP contribution in [0.15, 0.2) is 71.9 Å². The van der Waals surface area contributed by atoms with E-state index in [0.717, 1.165) is 29.1 Å². The highest BCUT2D eigenvalue weighted by Gasteiger charge is 2.20. The van der Waals surface area contributed by atoms with Gasteiger partial charge >= 0.3 is 0 Å². The molecule has 5 heteroatoms. The maximum atomic E-state index is 10.2. The van der Waals surface area contributed by atoms with E-state index in [-0.39, 0.29) is 6.10 Å². The molecule has 0 saturated heterocycles. The number of benzene rings is 2. The first kappa shape index (κ1) is 19.0. The SMILES string of the molecule is O[C@@H](CNC[C@H]1CCc2cc(-c3ccc(S)cc3)ccc2O1)c1cccnc1. The highest BCUT2D eigenvalue weighted by molar-refractivity contribution is 7.80. The lowest BCUT2D eigenvalue weighted by atomic mass is 9.97. The van der Waals surface area contributed by atoms with Gasteiger partial charge < -0.3 is 15.2 Å². The van der Waals surface area contributed by atoms with Crippen LogP contribution in [0.1, 0.15) is 23.7 Å². The Morgan fingerprint density at radius 2 is 1.96 bits per heavy atom. The summed E-state index contributed by atoms with van der Waals surface area (Å²) in [6.45, 7) is 1.19. The second-order valence-corrected chi connectivity index (χ2v) is 7.62. The van der Waals surface area contributed by atoms with Gasteiger partial charge in [0.05, 0.1) is 6.10 Å². The van der Waals surface area contributed by atoms with E-state index in [1.54, 1.807) is 12.4 Å². The van der Waals surface area contributed by atoms with Gasteiger partial charge in [-0.15, -0.1) is 12.6 Å². The molecular formula is C23H24N2O2S. The number of aromatic nitrogens is 1. The summed E-state index contributed by atoms with van der Waals surface area (Å²) in [5.74, 6) is 0.959. The average Bonchev–Trinajstić information content (AvgIpc) is 2.74. The number of hydrogen-bond donors (Lipinski definition) is 3. The molecule has 0 bridgehead atoms. The fourth-order valence-corrected chi connectivity index (χ4v) is 3.64. The predicted molar refractivity (Wildman–Crippen MR) is 114 cm³/mol. The molecule has 0 unspecified atom stereocenters. The van der Waals surface area contributed by atoms with Crippen molar-refractivity contribution >= 4 is 12.6 Å². The summed E-state index contributed by atoms with van der Waals surface area (Å²) >= 11 is 4.35. The predicted octanol–water partition coefficient (Wildman–Crippen LogP) is 4.05. The number of thiol groups is 1. The number of aliphatic hydroxyl groups is 1. The van der Waals surface area contributed by atoms with E-state index in [0.29, 0.717) is 13.1 Å². The monoisotopic (exact) mass is 392 g/mol. The first-order valence-electron chi connectivity index (χ1n) is 9.57. The highest BCUT2D eigenvalue weighted by Crippen LogP contribution is 2.32. The van der Waals surface area contributed by atoms with E-state index in [1.165, 1.54) is 16.7 Å². The number of aryl methyl sites for hydroxylation is 1. The number of nitrogens with one attached hydrogen (secondary N) is 1. The van der Waals surface area contributed by atoms with Gasteiger partial charge in [0.1, 0.15) is 11.9 Å². The van der Waals surface area contributed by atoms with Gasteiger partial charge in [-0.3, -0.25) is 4.98 Å². The average molecular weight is 393 g/mol. The van der Waals surface area contributed by atoms with Crippen LogP contribution < -0.4 is 10.1 Å². The lowest BCUT2D eigenvalue weighted by Crippen LogP contribution is -2.36. The van der Waals surface area contributed by atoms with E-state index in [1.807, 2.05) is 24.3 Å². The van der Waals surface area contributed by atoms with Crippen LogP contribution >= 0.6 is 12.6 Å². The van der Waals surface area contributed by atoms with Crippen molar-refractivity contribution in [2.24, 2.45) is 0 Å². The number of nitrogens with zero attached hydrogens (tertiary/aromatic N) is 1. The lowest BCUT2D eigenvalue weighted by Gasteiger charge is -2.27. The zero-order valence-electron chi connectivity index (χ0n) is 15.6. The molecule has 2 N–H and O–H groups in total. The van der Waals surface area contributed by atoms with Gasteiger partial charge in [-0.25, -0.2) is 0 Å². The van der Waals surface area contributed by atoms with Crippen molar-refractivity contribution in [3.63, 3.8) is 0 Å². The van der Waals surface area contributed by atoms with Gasteiger partial charge in [0.15, 0.2) is 0 Å². The third-order valence-electron chi connectivity index (χ3n) is 5.07. The Hall–Kier alpha value is -2.34. The van der Waals surface area contributed by atoms with Crippen molar-refractivity contribution in [1.29, 1.82) is 0 Å². The van der Waals surface area contributed by atoms with Crippen molar-refractivity contribution in [1.82, 2.24) is 10.3 Å². The molecule has 0 aliphatic carbocycles. The minimum atomic E-state index is -0.559. The summed E-state index contributed by atoms with van der Waals surface area (Å²) in [7, 11) is 0. The van der Waals surface area contributed by atoms with Crippen molar-refractivity contribution in [3.8, 4) is 16.9 Å². The van der Waals surface area contributed by atoms with E-state index in [4.69, 9.17) is 4.74 Å². The van der Waals surface area contributed by atoms with Crippen LogP contribution in [0.5, 0.6) is 5.75 Å². The number of rotatable bonds is 6. The molecule has 4 rings (SSSR count). The molecule has 144 valence electrons. The molecule has 0 amide bonds. The zero-order chi connectivity index (χ0) is 19.3. The fraction of sp³-hybridized carbons (Fsp3) is 0.261. The number of aliphatic hydroxyl groups excluding tert-OH is 1. The fourth-order valence-electron chi connectivity index (χ4n) is 3.49. The van der Waals surface area contributed by atoms with Gasteiger partial charge in [-0.05, 0) is 59.9 Å².